The Kier molecular flexibility index (Phi) is 4.33. The van der Waals surface area contributed by atoms with Gasteiger partial charge >= 0.3 is 0 Å². The van der Waals surface area contributed by atoms with Gasteiger partial charge in [-0.15, -0.1) is 0 Å². The third kappa shape index (κ3) is 3.42. The van der Waals surface area contributed by atoms with Crippen LogP contribution >= 0.6 is 11.6 Å². The number of benzene rings is 2. The van der Waals surface area contributed by atoms with Gasteiger partial charge in [0.2, 0.25) is 0 Å². The van der Waals surface area contributed by atoms with Gasteiger partial charge in [0.25, 0.3) is 0 Å². The molecule has 0 aromatic heterocycles. The van der Waals surface area contributed by atoms with Crippen molar-refractivity contribution in [3.8, 4) is 5.75 Å². The Morgan fingerprint density at radius 1 is 1.11 bits per heavy atom. The number of hydrogen-bond acceptors (Lipinski definition) is 2. The lowest BCUT2D eigenvalue weighted by Gasteiger charge is -2.17. The first-order chi connectivity index (χ1) is 9.10. The standard InChI is InChI=1S/C16H18ClNO/c1-11-4-6-13(7-5-11)12(2)18-14-8-9-15(17)16(10-14)19-3/h4-10,12,18H,1-3H3. The highest BCUT2D eigenvalue weighted by atomic mass is 35.5. The molecule has 0 saturated carbocycles. The molecule has 2 nitrogen and oxygen atoms in total. The van der Waals surface area contributed by atoms with Crippen LogP contribution in [0.4, 0.5) is 5.69 Å². The normalized spacial score (nSPS) is 12.0. The molecule has 1 N–H and O–H groups in total. The van der Waals surface area contributed by atoms with E-state index in [0.717, 1.165) is 5.69 Å². The Bertz CT molecular complexity index is 551. The summed E-state index contributed by atoms with van der Waals surface area (Å²) in [6.07, 6.45) is 0. The van der Waals surface area contributed by atoms with Gasteiger partial charge < -0.3 is 10.1 Å². The zero-order valence-electron chi connectivity index (χ0n) is 11.4. The highest BCUT2D eigenvalue weighted by Gasteiger charge is 2.07. The molecule has 0 heterocycles. The molecular formula is C16H18ClNO. The molecule has 0 radical (unpaired) electrons. The minimum atomic E-state index is 0.228. The fourth-order valence-corrected chi connectivity index (χ4v) is 2.13. The maximum Gasteiger partial charge on any atom is 0.139 e. The first kappa shape index (κ1) is 13.8. The molecule has 0 bridgehead atoms. The van der Waals surface area contributed by atoms with Crippen molar-refractivity contribution in [2.75, 3.05) is 12.4 Å². The SMILES string of the molecule is COc1cc(NC(C)c2ccc(C)cc2)ccc1Cl. The molecule has 0 amide bonds. The summed E-state index contributed by atoms with van der Waals surface area (Å²) in [4.78, 5) is 0. The summed E-state index contributed by atoms with van der Waals surface area (Å²) in [6.45, 7) is 4.22. The van der Waals surface area contributed by atoms with Crippen LogP contribution in [0.1, 0.15) is 24.1 Å². The average molecular weight is 276 g/mol. The zero-order chi connectivity index (χ0) is 13.8. The van der Waals surface area contributed by atoms with Gasteiger partial charge in [-0.25, -0.2) is 0 Å². The van der Waals surface area contributed by atoms with E-state index < -0.39 is 0 Å². The van der Waals surface area contributed by atoms with Crippen LogP contribution in [0.3, 0.4) is 0 Å². The van der Waals surface area contributed by atoms with Gasteiger partial charge in [-0.3, -0.25) is 0 Å². The van der Waals surface area contributed by atoms with Crippen LogP contribution in [0.15, 0.2) is 42.5 Å². The number of hydrogen-bond donors (Lipinski definition) is 1. The molecule has 0 aliphatic heterocycles. The van der Waals surface area contributed by atoms with Gasteiger partial charge in [-0.1, -0.05) is 41.4 Å². The number of aryl methyl sites for hydroxylation is 1. The lowest BCUT2D eigenvalue weighted by molar-refractivity contribution is 0.415. The van der Waals surface area contributed by atoms with Crippen LogP contribution in [-0.2, 0) is 0 Å². The molecule has 0 aliphatic carbocycles. The average Bonchev–Trinajstić information content (AvgIpc) is 2.41. The summed E-state index contributed by atoms with van der Waals surface area (Å²) >= 11 is 6.01. The predicted molar refractivity (Wildman–Crippen MR) is 81.2 cm³/mol. The van der Waals surface area contributed by atoms with Gasteiger partial charge in [-0.05, 0) is 31.5 Å². The van der Waals surface area contributed by atoms with Crippen molar-refractivity contribution in [3.63, 3.8) is 0 Å². The van der Waals surface area contributed by atoms with E-state index in [1.54, 1.807) is 7.11 Å². The van der Waals surface area contributed by atoms with Gasteiger partial charge in [0.15, 0.2) is 0 Å². The summed E-state index contributed by atoms with van der Waals surface area (Å²) in [5.41, 5.74) is 3.51. The smallest absolute Gasteiger partial charge is 0.139 e. The van der Waals surface area contributed by atoms with Crippen LogP contribution in [0, 0.1) is 6.92 Å². The van der Waals surface area contributed by atoms with Gasteiger partial charge in [-0.2, -0.15) is 0 Å². The Balaban J connectivity index is 2.14. The first-order valence-corrected chi connectivity index (χ1v) is 6.64. The van der Waals surface area contributed by atoms with E-state index in [-0.39, 0.29) is 6.04 Å². The number of methoxy groups -OCH3 is 1. The Labute approximate surface area is 119 Å². The predicted octanol–water partition coefficient (Wildman–Crippen LogP) is 4.83. The lowest BCUT2D eigenvalue weighted by Crippen LogP contribution is -2.06. The van der Waals surface area contributed by atoms with Crippen LogP contribution < -0.4 is 10.1 Å². The zero-order valence-corrected chi connectivity index (χ0v) is 12.2. The quantitative estimate of drug-likeness (QED) is 0.863. The minimum absolute atomic E-state index is 0.228. The molecule has 2 rings (SSSR count). The molecule has 0 spiro atoms. The number of nitrogens with one attached hydrogen (secondary N) is 1. The molecule has 0 fully saturated rings. The van der Waals surface area contributed by atoms with E-state index in [2.05, 4.69) is 43.4 Å². The molecule has 1 atom stereocenters. The van der Waals surface area contributed by atoms with E-state index in [1.807, 2.05) is 18.2 Å². The van der Waals surface area contributed by atoms with Crippen molar-refractivity contribution in [1.29, 1.82) is 0 Å². The van der Waals surface area contributed by atoms with Crippen molar-refractivity contribution in [2.45, 2.75) is 19.9 Å². The Hall–Kier alpha value is -1.67. The summed E-state index contributed by atoms with van der Waals surface area (Å²) in [6, 6.07) is 14.4. The number of ether oxygens (including phenoxy) is 1. The van der Waals surface area contributed by atoms with E-state index >= 15 is 0 Å². The molecule has 1 unspecified atom stereocenters. The molecule has 19 heavy (non-hydrogen) atoms. The second kappa shape index (κ2) is 5.98. The molecule has 0 aliphatic rings. The van der Waals surface area contributed by atoms with E-state index in [1.165, 1.54) is 11.1 Å². The maximum atomic E-state index is 6.01. The van der Waals surface area contributed by atoms with Crippen LogP contribution in [-0.4, -0.2) is 7.11 Å². The second-order valence-electron chi connectivity index (χ2n) is 4.63. The van der Waals surface area contributed by atoms with Crippen LogP contribution in [0.2, 0.25) is 5.02 Å². The second-order valence-corrected chi connectivity index (χ2v) is 5.03. The van der Waals surface area contributed by atoms with Crippen molar-refractivity contribution < 1.29 is 4.74 Å². The van der Waals surface area contributed by atoms with E-state index in [9.17, 15) is 0 Å². The largest absolute Gasteiger partial charge is 0.495 e. The summed E-state index contributed by atoms with van der Waals surface area (Å²) < 4.78 is 5.22. The third-order valence-corrected chi connectivity index (χ3v) is 3.42. The monoisotopic (exact) mass is 275 g/mol. The van der Waals surface area contributed by atoms with E-state index in [0.29, 0.717) is 10.8 Å². The number of anilines is 1. The summed E-state index contributed by atoms with van der Waals surface area (Å²) in [5, 5.41) is 4.06. The first-order valence-electron chi connectivity index (χ1n) is 6.27. The van der Waals surface area contributed by atoms with Crippen molar-refractivity contribution in [3.05, 3.63) is 58.6 Å². The van der Waals surface area contributed by atoms with E-state index in [4.69, 9.17) is 16.3 Å². The Morgan fingerprint density at radius 2 is 1.79 bits per heavy atom. The van der Waals surface area contributed by atoms with Crippen molar-refractivity contribution >= 4 is 17.3 Å². The molecule has 0 saturated heterocycles. The fraction of sp³-hybridized carbons (Fsp3) is 0.250. The highest BCUT2D eigenvalue weighted by molar-refractivity contribution is 6.32. The topological polar surface area (TPSA) is 21.3 Å². The van der Waals surface area contributed by atoms with Crippen LogP contribution in [0.5, 0.6) is 5.75 Å². The lowest BCUT2D eigenvalue weighted by atomic mass is 10.1. The van der Waals surface area contributed by atoms with Gasteiger partial charge in [0.1, 0.15) is 5.75 Å². The number of halogens is 1. The molecule has 100 valence electrons. The highest BCUT2D eigenvalue weighted by Crippen LogP contribution is 2.29. The Morgan fingerprint density at radius 3 is 2.42 bits per heavy atom. The van der Waals surface area contributed by atoms with Crippen molar-refractivity contribution in [2.24, 2.45) is 0 Å². The third-order valence-electron chi connectivity index (χ3n) is 3.11. The minimum Gasteiger partial charge on any atom is -0.495 e. The molecule has 2 aromatic rings. The van der Waals surface area contributed by atoms with Gasteiger partial charge in [0, 0.05) is 17.8 Å². The summed E-state index contributed by atoms with van der Waals surface area (Å²) in [7, 11) is 1.62. The maximum absolute atomic E-state index is 6.01. The fourth-order valence-electron chi connectivity index (χ4n) is 1.94. The molecular weight excluding hydrogens is 258 g/mol. The molecule has 2 aromatic carbocycles. The van der Waals surface area contributed by atoms with Gasteiger partial charge in [0.05, 0.1) is 12.1 Å². The number of rotatable bonds is 4. The molecule has 3 heteroatoms. The van der Waals surface area contributed by atoms with Crippen molar-refractivity contribution in [1.82, 2.24) is 0 Å². The summed E-state index contributed by atoms with van der Waals surface area (Å²) in [5.74, 6) is 0.683. The van der Waals surface area contributed by atoms with Crippen LogP contribution in [0.25, 0.3) is 0 Å².